The first-order valence-corrected chi connectivity index (χ1v) is 20.7. The van der Waals surface area contributed by atoms with Crippen molar-refractivity contribution in [3.05, 3.63) is 235 Å². The topological polar surface area (TPSA) is 8.17 Å². The summed E-state index contributed by atoms with van der Waals surface area (Å²) in [7, 11) is 0. The number of fused-ring (bicyclic) bond motifs is 6. The lowest BCUT2D eigenvalue weighted by Gasteiger charge is -2.28. The highest BCUT2D eigenvalue weighted by Gasteiger charge is 2.30. The van der Waals surface area contributed by atoms with Crippen LogP contribution in [0.5, 0.6) is 0 Å². The molecule has 1 aliphatic carbocycles. The molecular weight excluding hydrogens is 713 g/mol. The summed E-state index contributed by atoms with van der Waals surface area (Å²) in [4.78, 5) is 2.41. The van der Waals surface area contributed by atoms with Crippen molar-refractivity contribution in [2.24, 2.45) is 0 Å². The van der Waals surface area contributed by atoms with Gasteiger partial charge >= 0.3 is 0 Å². The second-order valence-electron chi connectivity index (χ2n) is 15.8. The Balaban J connectivity index is 1.05. The molecule has 11 rings (SSSR count). The van der Waals surface area contributed by atoms with Gasteiger partial charge in [0.1, 0.15) is 0 Å². The molecule has 1 atom stereocenters. The molecule has 1 aromatic heterocycles. The first kappa shape index (κ1) is 34.8. The third-order valence-corrected chi connectivity index (χ3v) is 12.2. The summed E-state index contributed by atoms with van der Waals surface area (Å²) in [6, 6.07) is 77.5. The smallest absolute Gasteiger partial charge is 0.0544 e. The lowest BCUT2D eigenvalue weighted by Crippen LogP contribution is -2.11. The van der Waals surface area contributed by atoms with Crippen LogP contribution in [-0.2, 0) is 0 Å². The van der Waals surface area contributed by atoms with Gasteiger partial charge in [-0.05, 0) is 116 Å². The van der Waals surface area contributed by atoms with Crippen molar-refractivity contribution in [1.82, 2.24) is 4.57 Å². The number of nitrogens with zero attached hydrogens (tertiary/aromatic N) is 2. The minimum Gasteiger partial charge on any atom is -0.313 e. The Kier molecular flexibility index (Phi) is 8.56. The zero-order valence-corrected chi connectivity index (χ0v) is 33.0. The predicted octanol–water partition coefficient (Wildman–Crippen LogP) is 15.7. The quantitative estimate of drug-likeness (QED) is 0.157. The van der Waals surface area contributed by atoms with Crippen molar-refractivity contribution in [3.8, 4) is 27.9 Å². The molecule has 0 saturated heterocycles. The van der Waals surface area contributed by atoms with Gasteiger partial charge in [0.25, 0.3) is 0 Å². The van der Waals surface area contributed by atoms with Crippen LogP contribution >= 0.6 is 0 Å². The highest BCUT2D eigenvalue weighted by Crippen LogP contribution is 2.48. The summed E-state index contributed by atoms with van der Waals surface area (Å²) < 4.78 is 2.52. The minimum absolute atomic E-state index is 0.352. The van der Waals surface area contributed by atoms with Gasteiger partial charge in [-0.3, -0.25) is 0 Å². The molecule has 10 aromatic rings. The summed E-state index contributed by atoms with van der Waals surface area (Å²) in [5, 5.41) is 6.33. The van der Waals surface area contributed by atoms with Crippen LogP contribution in [0.3, 0.4) is 0 Å². The Bertz CT molecular complexity index is 3170. The van der Waals surface area contributed by atoms with Crippen LogP contribution in [0.25, 0.3) is 66.0 Å². The summed E-state index contributed by atoms with van der Waals surface area (Å²) in [5.74, 6) is 0.352. The molecule has 0 fully saturated rings. The average Bonchev–Trinajstić information content (AvgIpc) is 3.67. The van der Waals surface area contributed by atoms with Gasteiger partial charge in [-0.15, -0.1) is 0 Å². The number of benzene rings is 9. The molecule has 1 heterocycles. The molecule has 0 aliphatic heterocycles. The van der Waals surface area contributed by atoms with Crippen LogP contribution in [-0.4, -0.2) is 4.57 Å². The largest absolute Gasteiger partial charge is 0.313 e. The number of allylic oxidation sites excluding steroid dienone is 1. The molecule has 0 amide bonds. The van der Waals surface area contributed by atoms with Crippen LogP contribution in [0.1, 0.15) is 36.1 Å². The van der Waals surface area contributed by atoms with Gasteiger partial charge in [0.05, 0.1) is 5.52 Å². The van der Waals surface area contributed by atoms with E-state index in [9.17, 15) is 0 Å². The zero-order chi connectivity index (χ0) is 39.3. The van der Waals surface area contributed by atoms with E-state index in [-0.39, 0.29) is 0 Å². The molecule has 9 aromatic carbocycles. The molecule has 59 heavy (non-hydrogen) atoms. The molecule has 280 valence electrons. The van der Waals surface area contributed by atoms with Crippen molar-refractivity contribution in [1.29, 1.82) is 0 Å². The van der Waals surface area contributed by atoms with Crippen LogP contribution in [0.4, 0.5) is 17.1 Å². The van der Waals surface area contributed by atoms with Crippen LogP contribution in [0.15, 0.2) is 218 Å². The molecule has 1 aliphatic rings. The summed E-state index contributed by atoms with van der Waals surface area (Å²) in [6.07, 6.45) is 3.46. The second kappa shape index (κ2) is 14.5. The van der Waals surface area contributed by atoms with Crippen molar-refractivity contribution in [2.75, 3.05) is 4.90 Å². The van der Waals surface area contributed by atoms with Crippen molar-refractivity contribution >= 4 is 55.1 Å². The summed E-state index contributed by atoms with van der Waals surface area (Å²) in [6.45, 7) is 2.38. The molecule has 2 heteroatoms. The monoisotopic (exact) mass is 754 g/mol. The van der Waals surface area contributed by atoms with Crippen LogP contribution in [0.2, 0.25) is 0 Å². The Morgan fingerprint density at radius 3 is 1.75 bits per heavy atom. The average molecular weight is 755 g/mol. The first-order chi connectivity index (χ1) is 29.2. The number of rotatable bonds is 7. The normalized spacial score (nSPS) is 13.7. The Labute approximate surface area is 345 Å². The fraction of sp³-hybridized carbons (Fsp3) is 0.0526. The van der Waals surface area contributed by atoms with E-state index in [2.05, 4.69) is 235 Å². The molecule has 1 unspecified atom stereocenters. The van der Waals surface area contributed by atoms with E-state index in [1.54, 1.807) is 0 Å². The van der Waals surface area contributed by atoms with E-state index in [0.29, 0.717) is 5.92 Å². The maximum atomic E-state index is 2.52. The lowest BCUT2D eigenvalue weighted by atomic mass is 9.83. The maximum absolute atomic E-state index is 2.52. The molecule has 0 N–H and O–H groups in total. The molecule has 0 spiro atoms. The molecule has 0 radical (unpaired) electrons. The number of hydrogen-bond donors (Lipinski definition) is 0. The SMILES string of the molecule is CC1CC=C(c2cccc(N(c3ccc(-c4ccc(-c5ccccc5)cc4)cc3)c3ccc4ccccc4c3)c2)c2c1n(-c1ccccc1)c1ccc3ccccc3c21. The Morgan fingerprint density at radius 1 is 0.441 bits per heavy atom. The molecule has 0 saturated carbocycles. The standard InChI is InChI=1S/C57H42N2/c1-39-23-35-53(56-55-52-22-11-10-16-45(52)31-36-54(55)59(57(39)56)48-19-6-3-7-20-48)47-18-12-21-50(38-47)58(51-34-30-41-15-8-9-17-46(41)37-51)49-32-28-44(29-33-49)43-26-24-42(25-27-43)40-13-4-2-5-14-40/h2-22,24-39H,23H2,1H3. The van der Waals surface area contributed by atoms with E-state index >= 15 is 0 Å². The minimum atomic E-state index is 0.352. The number of anilines is 3. The first-order valence-electron chi connectivity index (χ1n) is 20.7. The number of hydrogen-bond acceptors (Lipinski definition) is 1. The van der Waals surface area contributed by atoms with Crippen molar-refractivity contribution < 1.29 is 0 Å². The van der Waals surface area contributed by atoms with Gasteiger partial charge in [-0.2, -0.15) is 0 Å². The van der Waals surface area contributed by atoms with Crippen molar-refractivity contribution in [3.63, 3.8) is 0 Å². The van der Waals surface area contributed by atoms with E-state index in [1.165, 1.54) is 82.8 Å². The third-order valence-electron chi connectivity index (χ3n) is 12.2. The Hall–Kier alpha value is -7.42. The highest BCUT2D eigenvalue weighted by molar-refractivity contribution is 6.15. The van der Waals surface area contributed by atoms with Crippen molar-refractivity contribution in [2.45, 2.75) is 19.3 Å². The van der Waals surface area contributed by atoms with Gasteiger partial charge in [-0.25, -0.2) is 0 Å². The van der Waals surface area contributed by atoms with E-state index in [4.69, 9.17) is 0 Å². The fourth-order valence-electron chi connectivity index (χ4n) is 9.31. The number of para-hydroxylation sites is 1. The van der Waals surface area contributed by atoms with E-state index in [1.807, 2.05) is 0 Å². The lowest BCUT2D eigenvalue weighted by molar-refractivity contribution is 0.721. The predicted molar refractivity (Wildman–Crippen MR) is 250 cm³/mol. The second-order valence-corrected chi connectivity index (χ2v) is 15.8. The molecule has 0 bridgehead atoms. The zero-order valence-electron chi connectivity index (χ0n) is 33.0. The van der Waals surface area contributed by atoms with E-state index < -0.39 is 0 Å². The van der Waals surface area contributed by atoms with Gasteiger partial charge in [0.15, 0.2) is 0 Å². The van der Waals surface area contributed by atoms with Gasteiger partial charge in [0, 0.05) is 45.3 Å². The van der Waals surface area contributed by atoms with E-state index in [0.717, 1.165) is 23.5 Å². The molecule has 2 nitrogen and oxygen atoms in total. The highest BCUT2D eigenvalue weighted by atomic mass is 15.1. The fourth-order valence-corrected chi connectivity index (χ4v) is 9.31. The summed E-state index contributed by atoms with van der Waals surface area (Å²) in [5.41, 5.74) is 15.9. The number of aromatic nitrogens is 1. The third kappa shape index (κ3) is 6.13. The van der Waals surface area contributed by atoms with Gasteiger partial charge < -0.3 is 9.47 Å². The Morgan fingerprint density at radius 2 is 1.00 bits per heavy atom. The molecular formula is C57H42N2. The van der Waals surface area contributed by atoms with Gasteiger partial charge in [0.2, 0.25) is 0 Å². The maximum Gasteiger partial charge on any atom is 0.0544 e. The van der Waals surface area contributed by atoms with Crippen LogP contribution < -0.4 is 4.90 Å². The van der Waals surface area contributed by atoms with Crippen LogP contribution in [0, 0.1) is 0 Å². The van der Waals surface area contributed by atoms with Gasteiger partial charge in [-0.1, -0.05) is 171 Å². The summed E-state index contributed by atoms with van der Waals surface area (Å²) >= 11 is 0.